The molecule has 0 fully saturated rings. The van der Waals surface area contributed by atoms with Crippen molar-refractivity contribution in [2.45, 2.75) is 6.61 Å². The average molecular weight is 619 g/mol. The Bertz CT molecular complexity index is 2520. The van der Waals surface area contributed by atoms with Crippen molar-refractivity contribution in [1.29, 1.82) is 0 Å². The van der Waals surface area contributed by atoms with Gasteiger partial charge in [-0.05, 0) is 65.2 Å². The molecule has 0 amide bonds. The van der Waals surface area contributed by atoms with Gasteiger partial charge in [0.2, 0.25) is 0 Å². The second-order valence-corrected chi connectivity index (χ2v) is 12.1. The Morgan fingerprint density at radius 1 is 0.458 bits per heavy atom. The summed E-state index contributed by atoms with van der Waals surface area (Å²) >= 11 is 0. The van der Waals surface area contributed by atoms with Crippen molar-refractivity contribution in [2.24, 2.45) is 0 Å². The lowest BCUT2D eigenvalue weighted by Gasteiger charge is -2.15. The summed E-state index contributed by atoms with van der Waals surface area (Å²) in [4.78, 5) is 14.0. The number of nitrogens with zero attached hydrogens (tertiary/aromatic N) is 2. The van der Waals surface area contributed by atoms with Crippen LogP contribution in [-0.2, 0) is 11.3 Å². The quantitative estimate of drug-likeness (QED) is 0.174. The highest BCUT2D eigenvalue weighted by Gasteiger charge is 2.19. The molecule has 0 atom stereocenters. The van der Waals surface area contributed by atoms with Crippen molar-refractivity contribution in [3.8, 4) is 22.5 Å². The van der Waals surface area contributed by atoms with E-state index < -0.39 is 0 Å². The van der Waals surface area contributed by atoms with Crippen LogP contribution in [0, 0.1) is 0 Å². The van der Waals surface area contributed by atoms with E-state index in [-0.39, 0.29) is 12.6 Å². The summed E-state index contributed by atoms with van der Waals surface area (Å²) in [7, 11) is 0. The van der Waals surface area contributed by atoms with Gasteiger partial charge < -0.3 is 13.9 Å². The fourth-order valence-electron chi connectivity index (χ4n) is 7.08. The van der Waals surface area contributed by atoms with Crippen molar-refractivity contribution in [1.82, 2.24) is 9.13 Å². The van der Waals surface area contributed by atoms with E-state index >= 15 is 0 Å². The number of aromatic nitrogens is 2. The van der Waals surface area contributed by atoms with Gasteiger partial charge in [0.1, 0.15) is 6.61 Å². The molecule has 7 aromatic carbocycles. The number of hydrogen-bond acceptors (Lipinski definition) is 2. The minimum Gasteiger partial charge on any atom is -0.457 e. The maximum absolute atomic E-state index is 14.0. The summed E-state index contributed by atoms with van der Waals surface area (Å²) in [6.07, 6.45) is 0. The molecule has 0 radical (unpaired) electrons. The molecule has 9 rings (SSSR count). The number of fused-ring (bicyclic) bond motifs is 6. The Hall–Kier alpha value is -6.39. The van der Waals surface area contributed by atoms with Gasteiger partial charge in [0.05, 0.1) is 27.6 Å². The van der Waals surface area contributed by atoms with E-state index in [2.05, 4.69) is 137 Å². The first-order valence-corrected chi connectivity index (χ1v) is 16.2. The van der Waals surface area contributed by atoms with Crippen molar-refractivity contribution < 1.29 is 9.53 Å². The molecule has 0 bridgehead atoms. The van der Waals surface area contributed by atoms with E-state index in [1.165, 1.54) is 21.5 Å². The molecule has 0 spiro atoms. The summed E-state index contributed by atoms with van der Waals surface area (Å²) in [6.45, 7) is 0.200. The molecule has 228 valence electrons. The molecule has 4 heteroatoms. The van der Waals surface area contributed by atoms with Crippen LogP contribution >= 0.6 is 0 Å². The van der Waals surface area contributed by atoms with Crippen LogP contribution in [0.25, 0.3) is 66.1 Å². The fourth-order valence-corrected chi connectivity index (χ4v) is 7.08. The molecule has 4 nitrogen and oxygen atoms in total. The molecule has 0 aliphatic carbocycles. The molecule has 0 saturated carbocycles. The fraction of sp³-hybridized carbons (Fsp3) is 0.0227. The molecule has 0 unspecified atom stereocenters. The smallest absolute Gasteiger partial charge is 0.339 e. The number of ether oxygens (including phenoxy) is 1. The largest absolute Gasteiger partial charge is 0.457 e. The van der Waals surface area contributed by atoms with Gasteiger partial charge in [0, 0.05) is 32.9 Å². The van der Waals surface area contributed by atoms with E-state index in [0.29, 0.717) is 5.56 Å². The highest BCUT2D eigenvalue weighted by molar-refractivity contribution is 6.10. The van der Waals surface area contributed by atoms with Gasteiger partial charge in [-0.2, -0.15) is 0 Å². The first kappa shape index (κ1) is 27.9. The summed E-state index contributed by atoms with van der Waals surface area (Å²) in [5, 5.41) is 4.79. The molecule has 9 aromatic rings. The minimum atomic E-state index is -0.358. The third kappa shape index (κ3) is 4.57. The molecule has 0 aliphatic heterocycles. The van der Waals surface area contributed by atoms with Gasteiger partial charge in [-0.3, -0.25) is 0 Å². The number of carbonyl (C=O) groups excluding carboxylic acids is 1. The lowest BCUT2D eigenvalue weighted by atomic mass is 9.98. The lowest BCUT2D eigenvalue weighted by Crippen LogP contribution is -2.08. The zero-order valence-electron chi connectivity index (χ0n) is 26.1. The highest BCUT2D eigenvalue weighted by atomic mass is 16.5. The minimum absolute atomic E-state index is 0.200. The number of benzene rings is 7. The van der Waals surface area contributed by atoms with Gasteiger partial charge in [-0.1, -0.05) is 121 Å². The molecular formula is C44H30N2O2. The van der Waals surface area contributed by atoms with Gasteiger partial charge in [0.25, 0.3) is 0 Å². The zero-order valence-corrected chi connectivity index (χ0v) is 26.1. The van der Waals surface area contributed by atoms with Gasteiger partial charge in [0.15, 0.2) is 0 Å². The van der Waals surface area contributed by atoms with Crippen LogP contribution in [0.4, 0.5) is 0 Å². The van der Waals surface area contributed by atoms with Crippen LogP contribution in [0.15, 0.2) is 170 Å². The molecule has 0 aliphatic rings. The molecular weight excluding hydrogens is 588 g/mol. The number of carbonyl (C=O) groups is 1. The predicted molar refractivity (Wildman–Crippen MR) is 196 cm³/mol. The van der Waals surface area contributed by atoms with Gasteiger partial charge >= 0.3 is 5.97 Å². The third-order valence-electron chi connectivity index (χ3n) is 9.29. The van der Waals surface area contributed by atoms with Crippen LogP contribution in [0.3, 0.4) is 0 Å². The highest BCUT2D eigenvalue weighted by Crippen LogP contribution is 2.36. The summed E-state index contributed by atoms with van der Waals surface area (Å²) in [5.41, 5.74) is 9.70. The van der Waals surface area contributed by atoms with E-state index in [1.54, 1.807) is 0 Å². The summed E-state index contributed by atoms with van der Waals surface area (Å²) < 4.78 is 10.5. The second kappa shape index (κ2) is 11.4. The topological polar surface area (TPSA) is 36.2 Å². The zero-order chi connectivity index (χ0) is 32.0. The van der Waals surface area contributed by atoms with Crippen molar-refractivity contribution in [2.75, 3.05) is 0 Å². The van der Waals surface area contributed by atoms with Crippen LogP contribution < -0.4 is 0 Å². The first-order valence-electron chi connectivity index (χ1n) is 16.2. The SMILES string of the molecule is O=C(OCc1ccccc1)c1cc(-n2c3ccccc3c3ccccc32)ccc1-c1ccc(-n2c3ccccc3c3ccccc32)cc1. The Balaban J connectivity index is 1.17. The number of esters is 1. The molecule has 2 aromatic heterocycles. The Morgan fingerprint density at radius 3 is 1.42 bits per heavy atom. The average Bonchev–Trinajstić information content (AvgIpc) is 3.67. The third-order valence-corrected chi connectivity index (χ3v) is 9.29. The number of para-hydroxylation sites is 4. The van der Waals surface area contributed by atoms with Crippen molar-refractivity contribution >= 4 is 49.6 Å². The predicted octanol–water partition coefficient (Wildman–Crippen LogP) is 10.9. The monoisotopic (exact) mass is 618 g/mol. The standard InChI is InChI=1S/C44H30N2O2/c47-44(48-29-30-12-2-1-3-13-30)39-28-33(46-42-20-10-6-16-37(42)38-17-7-11-21-43(38)46)26-27-34(39)31-22-24-32(25-23-31)45-40-18-8-4-14-35(40)36-15-5-9-19-41(36)45/h1-28H,29H2. The van der Waals surface area contributed by atoms with Crippen molar-refractivity contribution in [3.63, 3.8) is 0 Å². The molecule has 48 heavy (non-hydrogen) atoms. The second-order valence-electron chi connectivity index (χ2n) is 12.1. The lowest BCUT2D eigenvalue weighted by molar-refractivity contribution is 0.0473. The Morgan fingerprint density at radius 2 is 0.896 bits per heavy atom. The van der Waals surface area contributed by atoms with Crippen molar-refractivity contribution in [3.05, 3.63) is 181 Å². The van der Waals surface area contributed by atoms with Crippen LogP contribution in [-0.4, -0.2) is 15.1 Å². The summed E-state index contributed by atoms with van der Waals surface area (Å²) in [6, 6.07) is 58.2. The molecule has 2 heterocycles. The Kier molecular flexibility index (Phi) is 6.65. The van der Waals surface area contributed by atoms with E-state index in [1.807, 2.05) is 42.5 Å². The normalized spacial score (nSPS) is 11.5. The summed E-state index contributed by atoms with van der Waals surface area (Å²) in [5.74, 6) is -0.358. The molecule has 0 saturated heterocycles. The maximum atomic E-state index is 14.0. The van der Waals surface area contributed by atoms with E-state index in [0.717, 1.165) is 50.1 Å². The molecule has 0 N–H and O–H groups in total. The van der Waals surface area contributed by atoms with Crippen LogP contribution in [0.2, 0.25) is 0 Å². The number of rotatable bonds is 6. The van der Waals surface area contributed by atoms with Crippen LogP contribution in [0.1, 0.15) is 15.9 Å². The Labute approximate surface area is 277 Å². The van der Waals surface area contributed by atoms with Crippen LogP contribution in [0.5, 0.6) is 0 Å². The van der Waals surface area contributed by atoms with E-state index in [9.17, 15) is 4.79 Å². The maximum Gasteiger partial charge on any atom is 0.339 e. The van der Waals surface area contributed by atoms with E-state index in [4.69, 9.17) is 4.74 Å². The van der Waals surface area contributed by atoms with Gasteiger partial charge in [-0.25, -0.2) is 4.79 Å². The first-order chi connectivity index (χ1) is 23.7. The van der Waals surface area contributed by atoms with Gasteiger partial charge in [-0.15, -0.1) is 0 Å². The number of hydrogen-bond donors (Lipinski definition) is 0.